The van der Waals surface area contributed by atoms with Crippen molar-refractivity contribution in [2.24, 2.45) is 0 Å². The molecule has 0 N–H and O–H groups in total. The van der Waals surface area contributed by atoms with Crippen LogP contribution in [-0.2, 0) is 27.4 Å². The standard InChI is InChI=1S/C24H28N2O4/c1-18(2)26(16-19-7-4-3-5-8-19)23(28)17-30-24(29)21-12-10-20(11-13-21)15-25-14-6-9-22(25)27/h3-5,7-8,10-13,18H,6,9,14-17H2,1-2H3. The SMILES string of the molecule is CC(C)N(Cc1ccccc1)C(=O)COC(=O)c1ccc(CN2CCCC2=O)cc1. The summed E-state index contributed by atoms with van der Waals surface area (Å²) < 4.78 is 5.25. The molecule has 6 nitrogen and oxygen atoms in total. The van der Waals surface area contributed by atoms with Gasteiger partial charge in [0, 0.05) is 32.1 Å². The van der Waals surface area contributed by atoms with Crippen LogP contribution in [0.1, 0.15) is 48.2 Å². The Morgan fingerprint density at radius 3 is 2.33 bits per heavy atom. The third-order valence-electron chi connectivity index (χ3n) is 5.20. The topological polar surface area (TPSA) is 66.9 Å². The number of ether oxygens (including phenoxy) is 1. The Morgan fingerprint density at radius 1 is 1.03 bits per heavy atom. The van der Waals surface area contributed by atoms with Crippen LogP contribution in [0.2, 0.25) is 0 Å². The number of carbonyl (C=O) groups is 3. The lowest BCUT2D eigenvalue weighted by atomic mass is 10.1. The number of hydrogen-bond acceptors (Lipinski definition) is 4. The largest absolute Gasteiger partial charge is 0.452 e. The number of benzene rings is 2. The van der Waals surface area contributed by atoms with Crippen LogP contribution < -0.4 is 0 Å². The van der Waals surface area contributed by atoms with Crippen LogP contribution >= 0.6 is 0 Å². The van der Waals surface area contributed by atoms with Crippen LogP contribution in [0.4, 0.5) is 0 Å². The normalized spacial score (nSPS) is 13.6. The van der Waals surface area contributed by atoms with E-state index < -0.39 is 5.97 Å². The molecule has 30 heavy (non-hydrogen) atoms. The van der Waals surface area contributed by atoms with Gasteiger partial charge < -0.3 is 14.5 Å². The van der Waals surface area contributed by atoms with Crippen molar-refractivity contribution in [2.75, 3.05) is 13.2 Å². The van der Waals surface area contributed by atoms with Gasteiger partial charge in [-0.05, 0) is 43.5 Å². The molecule has 2 aromatic rings. The van der Waals surface area contributed by atoms with E-state index in [4.69, 9.17) is 4.74 Å². The molecule has 1 saturated heterocycles. The first-order chi connectivity index (χ1) is 14.4. The van der Waals surface area contributed by atoms with Crippen molar-refractivity contribution in [3.8, 4) is 0 Å². The Labute approximate surface area is 177 Å². The number of amides is 2. The third kappa shape index (κ3) is 5.69. The maximum atomic E-state index is 12.6. The predicted octanol–water partition coefficient (Wildman–Crippen LogP) is 3.40. The van der Waals surface area contributed by atoms with Gasteiger partial charge in [-0.1, -0.05) is 42.5 Å². The second-order valence-electron chi connectivity index (χ2n) is 7.79. The molecule has 3 rings (SSSR count). The lowest BCUT2D eigenvalue weighted by Gasteiger charge is -2.26. The van der Waals surface area contributed by atoms with Gasteiger partial charge in [-0.2, -0.15) is 0 Å². The fourth-order valence-electron chi connectivity index (χ4n) is 3.47. The zero-order valence-electron chi connectivity index (χ0n) is 17.5. The zero-order chi connectivity index (χ0) is 21.5. The molecule has 0 saturated carbocycles. The van der Waals surface area contributed by atoms with Crippen LogP contribution in [0, 0.1) is 0 Å². The molecule has 1 aliphatic heterocycles. The Bertz CT molecular complexity index is 878. The summed E-state index contributed by atoms with van der Waals surface area (Å²) in [5.41, 5.74) is 2.38. The lowest BCUT2D eigenvalue weighted by molar-refractivity contribution is -0.137. The Morgan fingerprint density at radius 2 is 1.73 bits per heavy atom. The molecule has 0 aliphatic carbocycles. The van der Waals surface area contributed by atoms with E-state index in [9.17, 15) is 14.4 Å². The molecular formula is C24H28N2O4. The number of rotatable bonds is 8. The van der Waals surface area contributed by atoms with Crippen molar-refractivity contribution < 1.29 is 19.1 Å². The molecule has 0 radical (unpaired) electrons. The van der Waals surface area contributed by atoms with Gasteiger partial charge in [0.2, 0.25) is 5.91 Å². The van der Waals surface area contributed by atoms with E-state index >= 15 is 0 Å². The van der Waals surface area contributed by atoms with Gasteiger partial charge in [0.25, 0.3) is 5.91 Å². The van der Waals surface area contributed by atoms with E-state index in [1.54, 1.807) is 17.0 Å². The summed E-state index contributed by atoms with van der Waals surface area (Å²) in [5, 5.41) is 0. The predicted molar refractivity (Wildman–Crippen MR) is 114 cm³/mol. The van der Waals surface area contributed by atoms with Crippen LogP contribution in [0.25, 0.3) is 0 Å². The van der Waals surface area contributed by atoms with Gasteiger partial charge in [0.15, 0.2) is 6.61 Å². The molecular weight excluding hydrogens is 380 g/mol. The van der Waals surface area contributed by atoms with Crippen LogP contribution in [0.5, 0.6) is 0 Å². The molecule has 6 heteroatoms. The fourth-order valence-corrected chi connectivity index (χ4v) is 3.47. The maximum absolute atomic E-state index is 12.6. The van der Waals surface area contributed by atoms with E-state index in [1.807, 2.05) is 61.2 Å². The van der Waals surface area contributed by atoms with Crippen LogP contribution in [-0.4, -0.2) is 46.8 Å². The second kappa shape index (κ2) is 10.1. The van der Waals surface area contributed by atoms with E-state index in [0.29, 0.717) is 25.1 Å². The summed E-state index contributed by atoms with van der Waals surface area (Å²) in [5.74, 6) is -0.593. The molecule has 0 atom stereocenters. The third-order valence-corrected chi connectivity index (χ3v) is 5.20. The quantitative estimate of drug-likeness (QED) is 0.628. The van der Waals surface area contributed by atoms with Gasteiger partial charge in [0.1, 0.15) is 0 Å². The zero-order valence-corrected chi connectivity index (χ0v) is 17.5. The van der Waals surface area contributed by atoms with Crippen LogP contribution in [0.3, 0.4) is 0 Å². The Hall–Kier alpha value is -3.15. The van der Waals surface area contributed by atoms with Gasteiger partial charge >= 0.3 is 5.97 Å². The highest BCUT2D eigenvalue weighted by atomic mass is 16.5. The van der Waals surface area contributed by atoms with Gasteiger partial charge in [-0.25, -0.2) is 4.79 Å². The number of nitrogens with zero attached hydrogens (tertiary/aromatic N) is 2. The number of esters is 1. The first-order valence-corrected chi connectivity index (χ1v) is 10.3. The highest BCUT2D eigenvalue weighted by Crippen LogP contribution is 2.15. The first kappa shape index (κ1) is 21.6. The molecule has 1 aliphatic rings. The molecule has 158 valence electrons. The lowest BCUT2D eigenvalue weighted by Crippen LogP contribution is -2.39. The molecule has 1 heterocycles. The molecule has 0 aromatic heterocycles. The molecule has 2 aromatic carbocycles. The van der Waals surface area contributed by atoms with Crippen molar-refractivity contribution in [3.05, 3.63) is 71.3 Å². The van der Waals surface area contributed by atoms with Crippen LogP contribution in [0.15, 0.2) is 54.6 Å². The molecule has 0 unspecified atom stereocenters. The average Bonchev–Trinajstić information content (AvgIpc) is 3.15. The van der Waals surface area contributed by atoms with E-state index in [1.165, 1.54) is 0 Å². The monoisotopic (exact) mass is 408 g/mol. The van der Waals surface area contributed by atoms with Crippen molar-refractivity contribution in [1.29, 1.82) is 0 Å². The summed E-state index contributed by atoms with van der Waals surface area (Å²) in [6.45, 7) is 5.38. The summed E-state index contributed by atoms with van der Waals surface area (Å²) >= 11 is 0. The first-order valence-electron chi connectivity index (χ1n) is 10.3. The maximum Gasteiger partial charge on any atom is 0.338 e. The molecule has 0 spiro atoms. The summed E-state index contributed by atoms with van der Waals surface area (Å²) in [6.07, 6.45) is 1.51. The van der Waals surface area contributed by atoms with E-state index in [-0.39, 0.29) is 24.5 Å². The van der Waals surface area contributed by atoms with Crippen molar-refractivity contribution in [1.82, 2.24) is 9.80 Å². The van der Waals surface area contributed by atoms with Gasteiger partial charge in [-0.3, -0.25) is 9.59 Å². The Kier molecular flexibility index (Phi) is 7.22. The minimum atomic E-state index is -0.532. The summed E-state index contributed by atoms with van der Waals surface area (Å²) in [6, 6.07) is 16.7. The minimum Gasteiger partial charge on any atom is -0.452 e. The summed E-state index contributed by atoms with van der Waals surface area (Å²) in [4.78, 5) is 40.2. The summed E-state index contributed by atoms with van der Waals surface area (Å²) in [7, 11) is 0. The number of carbonyl (C=O) groups excluding carboxylic acids is 3. The van der Waals surface area contributed by atoms with Gasteiger partial charge in [-0.15, -0.1) is 0 Å². The highest BCUT2D eigenvalue weighted by molar-refractivity contribution is 5.91. The second-order valence-corrected chi connectivity index (χ2v) is 7.79. The fraction of sp³-hybridized carbons (Fsp3) is 0.375. The molecule has 0 bridgehead atoms. The minimum absolute atomic E-state index is 0.0102. The number of likely N-dealkylation sites (tertiary alicyclic amines) is 1. The molecule has 1 fully saturated rings. The smallest absolute Gasteiger partial charge is 0.338 e. The van der Waals surface area contributed by atoms with Crippen molar-refractivity contribution >= 4 is 17.8 Å². The number of hydrogen-bond donors (Lipinski definition) is 0. The molecule has 2 amide bonds. The van der Waals surface area contributed by atoms with Crippen molar-refractivity contribution in [3.63, 3.8) is 0 Å². The van der Waals surface area contributed by atoms with E-state index in [2.05, 4.69) is 0 Å². The van der Waals surface area contributed by atoms with E-state index in [0.717, 1.165) is 24.1 Å². The van der Waals surface area contributed by atoms with Gasteiger partial charge in [0.05, 0.1) is 5.56 Å². The Balaban J connectivity index is 1.53. The van der Waals surface area contributed by atoms with Crippen molar-refractivity contribution in [2.45, 2.75) is 45.8 Å². The average molecular weight is 408 g/mol. The highest BCUT2D eigenvalue weighted by Gasteiger charge is 2.21.